The number of primary amides is 1. The predicted molar refractivity (Wildman–Crippen MR) is 163 cm³/mol. The van der Waals surface area contributed by atoms with E-state index in [0.717, 1.165) is 12.1 Å². The van der Waals surface area contributed by atoms with Crippen LogP contribution < -0.4 is 11.1 Å². The molecule has 48 heavy (non-hydrogen) atoms. The number of allylic oxidation sites excluding steroid dienone is 2. The summed E-state index contributed by atoms with van der Waals surface area (Å²) in [5.74, 6) is -4.43. The van der Waals surface area contributed by atoms with Crippen LogP contribution in [-0.4, -0.2) is 47.6 Å². The van der Waals surface area contributed by atoms with Crippen molar-refractivity contribution in [2.24, 2.45) is 17.1 Å². The van der Waals surface area contributed by atoms with E-state index in [0.29, 0.717) is 49.7 Å². The molecule has 0 heterocycles. The van der Waals surface area contributed by atoms with Crippen LogP contribution in [0.5, 0.6) is 0 Å². The summed E-state index contributed by atoms with van der Waals surface area (Å²) < 4.78 is 109. The summed E-state index contributed by atoms with van der Waals surface area (Å²) in [7, 11) is 0. The van der Waals surface area contributed by atoms with Gasteiger partial charge in [-0.3, -0.25) is 9.59 Å². The Morgan fingerprint density at radius 1 is 0.917 bits per heavy atom. The van der Waals surface area contributed by atoms with E-state index < -0.39 is 71.5 Å². The van der Waals surface area contributed by atoms with Gasteiger partial charge in [0.15, 0.2) is 0 Å². The van der Waals surface area contributed by atoms with Gasteiger partial charge in [-0.15, -0.1) is 0 Å². The number of rotatable bonds is 14. The molecule has 0 spiro atoms. The molecule has 2 aromatic rings. The number of amides is 2. The number of hydrogen-bond donors (Lipinski definition) is 3. The molecule has 3 atom stereocenters. The first kappa shape index (κ1) is 38.7. The maximum absolute atomic E-state index is 14.2. The third kappa shape index (κ3) is 9.65. The zero-order chi connectivity index (χ0) is 36.0. The average molecular weight is 690 g/mol. The second kappa shape index (κ2) is 15.6. The molecule has 6 nitrogen and oxygen atoms in total. The van der Waals surface area contributed by atoms with E-state index in [2.05, 4.69) is 5.32 Å². The largest absolute Gasteiger partial charge is 0.416 e. The standard InChI is InChI=1S/C34H39F8N3O3/c1-4-6-45(7-5-2)30(47)23-8-20(3)16-32(17-23,31(43)48)28(13-21-11-26(35)15-27(36)12-21)29(46)19-44-18-22-9-24(33(37,38)39)14-25(10-22)34(40,41)42/h8-12,14-16,28-29,44,46H,4-7,13,17-19H2,1-3H3,(H2,43,48)/t28-,29?,32?/m0/s1. The molecule has 1 aliphatic rings. The Balaban J connectivity index is 2.01. The first-order chi connectivity index (χ1) is 22.3. The van der Waals surface area contributed by atoms with Crippen molar-refractivity contribution < 1.29 is 49.8 Å². The molecule has 4 N–H and O–H groups in total. The number of nitrogens with zero attached hydrogens (tertiary/aromatic N) is 1. The molecule has 264 valence electrons. The van der Waals surface area contributed by atoms with E-state index >= 15 is 0 Å². The van der Waals surface area contributed by atoms with E-state index in [4.69, 9.17) is 5.73 Å². The minimum absolute atomic E-state index is 0.00456. The number of aliphatic hydroxyl groups excluding tert-OH is 1. The Kier molecular flexibility index (Phi) is 12.6. The minimum atomic E-state index is -5.06. The number of nitrogens with one attached hydrogen (secondary N) is 1. The highest BCUT2D eigenvalue weighted by atomic mass is 19.4. The number of benzene rings is 2. The number of alkyl halides is 6. The van der Waals surface area contributed by atoms with Gasteiger partial charge in [0.1, 0.15) is 11.6 Å². The van der Waals surface area contributed by atoms with Gasteiger partial charge in [-0.25, -0.2) is 8.78 Å². The van der Waals surface area contributed by atoms with Gasteiger partial charge in [0.05, 0.1) is 22.6 Å². The first-order valence-electron chi connectivity index (χ1n) is 15.4. The molecule has 14 heteroatoms. The molecule has 0 fully saturated rings. The lowest BCUT2D eigenvalue weighted by molar-refractivity contribution is -0.143. The Morgan fingerprint density at radius 3 is 1.94 bits per heavy atom. The lowest BCUT2D eigenvalue weighted by Crippen LogP contribution is -2.51. The number of carbonyl (C=O) groups excluding carboxylic acids is 2. The molecule has 3 rings (SSSR count). The van der Waals surface area contributed by atoms with E-state index in [1.807, 2.05) is 13.8 Å². The fourth-order valence-corrected chi connectivity index (χ4v) is 6.19. The second-order valence-corrected chi connectivity index (χ2v) is 12.1. The maximum atomic E-state index is 14.2. The third-order valence-electron chi connectivity index (χ3n) is 8.21. The van der Waals surface area contributed by atoms with Crippen molar-refractivity contribution >= 4 is 11.8 Å². The van der Waals surface area contributed by atoms with Crippen LogP contribution in [0.2, 0.25) is 0 Å². The molecular weight excluding hydrogens is 650 g/mol. The molecule has 0 saturated carbocycles. The van der Waals surface area contributed by atoms with Gasteiger partial charge >= 0.3 is 12.4 Å². The summed E-state index contributed by atoms with van der Waals surface area (Å²) >= 11 is 0. The van der Waals surface area contributed by atoms with Crippen molar-refractivity contribution in [3.8, 4) is 0 Å². The third-order valence-corrected chi connectivity index (χ3v) is 8.21. The summed E-state index contributed by atoms with van der Waals surface area (Å²) in [6, 6.07) is 3.71. The maximum Gasteiger partial charge on any atom is 0.416 e. The van der Waals surface area contributed by atoms with Crippen LogP contribution in [0.4, 0.5) is 35.1 Å². The summed E-state index contributed by atoms with van der Waals surface area (Å²) in [5, 5.41) is 14.2. The molecule has 0 saturated heterocycles. The molecule has 0 radical (unpaired) electrons. The lowest BCUT2D eigenvalue weighted by atomic mass is 9.63. The molecular formula is C34H39F8N3O3. The van der Waals surface area contributed by atoms with Gasteiger partial charge in [-0.1, -0.05) is 31.6 Å². The molecule has 0 bridgehead atoms. The van der Waals surface area contributed by atoms with Crippen molar-refractivity contribution in [1.82, 2.24) is 10.2 Å². The van der Waals surface area contributed by atoms with Crippen LogP contribution in [-0.2, 0) is 34.9 Å². The number of nitrogens with two attached hydrogens (primary N) is 1. The number of hydrogen-bond acceptors (Lipinski definition) is 4. The molecule has 1 aliphatic carbocycles. The summed E-state index contributed by atoms with van der Waals surface area (Å²) in [6.45, 7) is 5.24. The molecule has 2 amide bonds. The topological polar surface area (TPSA) is 95.7 Å². The smallest absolute Gasteiger partial charge is 0.391 e. The normalized spacial score (nSPS) is 18.2. The highest BCUT2D eigenvalue weighted by molar-refractivity contribution is 5.97. The Hall–Kier alpha value is -3.78. The summed E-state index contributed by atoms with van der Waals surface area (Å²) in [6.07, 6.45) is -7.95. The Morgan fingerprint density at radius 2 is 1.46 bits per heavy atom. The van der Waals surface area contributed by atoms with Gasteiger partial charge in [-0.05, 0) is 74.1 Å². The number of aliphatic hydroxyl groups is 1. The van der Waals surface area contributed by atoms with E-state index in [9.17, 15) is 49.8 Å². The molecule has 2 aromatic carbocycles. The second-order valence-electron chi connectivity index (χ2n) is 12.1. The molecule has 0 aliphatic heterocycles. The Labute approximate surface area is 273 Å². The predicted octanol–water partition coefficient (Wildman–Crippen LogP) is 6.71. The van der Waals surface area contributed by atoms with Gasteiger partial charge in [0, 0.05) is 43.7 Å². The number of halogens is 8. The Bertz CT molecular complexity index is 1480. The molecule has 0 aromatic heterocycles. The van der Waals surface area contributed by atoms with Crippen molar-refractivity contribution in [2.45, 2.75) is 71.5 Å². The van der Waals surface area contributed by atoms with Crippen LogP contribution in [0.1, 0.15) is 62.3 Å². The lowest BCUT2D eigenvalue weighted by Gasteiger charge is -2.42. The summed E-state index contributed by atoms with van der Waals surface area (Å²) in [5.41, 5.74) is 1.50. The fraction of sp³-hybridized carbons (Fsp3) is 0.471. The highest BCUT2D eigenvalue weighted by Gasteiger charge is 2.48. The van der Waals surface area contributed by atoms with Crippen LogP contribution in [0, 0.1) is 23.0 Å². The highest BCUT2D eigenvalue weighted by Crippen LogP contribution is 2.44. The van der Waals surface area contributed by atoms with Gasteiger partial charge in [0.2, 0.25) is 11.8 Å². The molecule has 2 unspecified atom stereocenters. The average Bonchev–Trinajstić information content (AvgIpc) is 2.97. The van der Waals surface area contributed by atoms with Gasteiger partial charge in [-0.2, -0.15) is 26.3 Å². The van der Waals surface area contributed by atoms with Gasteiger partial charge < -0.3 is 21.1 Å². The zero-order valence-electron chi connectivity index (χ0n) is 26.7. The van der Waals surface area contributed by atoms with Crippen LogP contribution >= 0.6 is 0 Å². The van der Waals surface area contributed by atoms with Crippen molar-refractivity contribution in [3.63, 3.8) is 0 Å². The van der Waals surface area contributed by atoms with E-state index in [1.54, 1.807) is 17.9 Å². The first-order valence-corrected chi connectivity index (χ1v) is 15.4. The van der Waals surface area contributed by atoms with E-state index in [-0.39, 0.29) is 41.5 Å². The van der Waals surface area contributed by atoms with Gasteiger partial charge in [0.25, 0.3) is 0 Å². The SMILES string of the molecule is CCCN(CCC)C(=O)C1=CC(C)=CC(C(N)=O)([C@@H](Cc2cc(F)cc(F)c2)C(O)CNCc2cc(C(F)(F)F)cc(C(F)(F)F)c2)C1. The van der Waals surface area contributed by atoms with E-state index in [1.165, 1.54) is 6.08 Å². The van der Waals surface area contributed by atoms with Crippen LogP contribution in [0.15, 0.2) is 59.7 Å². The van der Waals surface area contributed by atoms with Crippen molar-refractivity contribution in [2.75, 3.05) is 19.6 Å². The van der Waals surface area contributed by atoms with Crippen LogP contribution in [0.3, 0.4) is 0 Å². The minimum Gasteiger partial charge on any atom is -0.391 e. The monoisotopic (exact) mass is 689 g/mol. The van der Waals surface area contributed by atoms with Crippen LogP contribution in [0.25, 0.3) is 0 Å². The fourth-order valence-electron chi connectivity index (χ4n) is 6.19. The van der Waals surface area contributed by atoms with Crippen molar-refractivity contribution in [1.29, 1.82) is 0 Å². The zero-order valence-corrected chi connectivity index (χ0v) is 26.7. The quantitative estimate of drug-likeness (QED) is 0.192. The number of carbonyl (C=O) groups is 2. The van der Waals surface area contributed by atoms with Crippen molar-refractivity contribution in [3.05, 3.63) is 93.6 Å². The summed E-state index contributed by atoms with van der Waals surface area (Å²) in [4.78, 5) is 28.6.